The molecule has 0 unspecified atom stereocenters. The summed E-state index contributed by atoms with van der Waals surface area (Å²) >= 11 is 0. The lowest BCUT2D eigenvalue weighted by molar-refractivity contribution is 0.0757. The van der Waals surface area contributed by atoms with Gasteiger partial charge in [-0.1, -0.05) is 67.2 Å². The molecule has 2 aromatic carbocycles. The molecule has 0 bridgehead atoms. The second-order valence-corrected chi connectivity index (χ2v) is 4.42. The summed E-state index contributed by atoms with van der Waals surface area (Å²) in [6.07, 6.45) is -0.798. The number of ketones is 1. The molecule has 0 saturated heterocycles. The summed E-state index contributed by atoms with van der Waals surface area (Å²) in [4.78, 5) is 12.0. The highest BCUT2D eigenvalue weighted by Gasteiger charge is 2.18. The van der Waals surface area contributed by atoms with E-state index in [1.807, 2.05) is 36.4 Å². The summed E-state index contributed by atoms with van der Waals surface area (Å²) in [5.74, 6) is -0.266. The first kappa shape index (κ1) is 13.2. The van der Waals surface area contributed by atoms with E-state index in [4.69, 9.17) is 0 Å². The van der Waals surface area contributed by atoms with E-state index in [9.17, 15) is 9.90 Å². The largest absolute Gasteiger partial charge is 0.385 e. The summed E-state index contributed by atoms with van der Waals surface area (Å²) in [6, 6.07) is 18.4. The van der Waals surface area contributed by atoms with Crippen LogP contribution in [0.25, 0.3) is 5.57 Å². The number of aliphatic hydroxyl groups excluding tert-OH is 1. The first-order chi connectivity index (χ1) is 9.18. The average molecular weight is 252 g/mol. The van der Waals surface area contributed by atoms with E-state index in [1.165, 1.54) is 0 Å². The van der Waals surface area contributed by atoms with Gasteiger partial charge in [-0.2, -0.15) is 0 Å². The second kappa shape index (κ2) is 6.12. The van der Waals surface area contributed by atoms with E-state index in [2.05, 4.69) is 6.58 Å². The monoisotopic (exact) mass is 252 g/mol. The number of carbonyl (C=O) groups is 1. The summed E-state index contributed by atoms with van der Waals surface area (Å²) in [5, 5.41) is 9.99. The van der Waals surface area contributed by atoms with E-state index in [-0.39, 0.29) is 12.2 Å². The van der Waals surface area contributed by atoms with Crippen molar-refractivity contribution in [3.05, 3.63) is 78.4 Å². The Hall–Kier alpha value is -2.19. The van der Waals surface area contributed by atoms with Gasteiger partial charge < -0.3 is 5.11 Å². The molecule has 0 amide bonds. The molecule has 1 N–H and O–H groups in total. The summed E-state index contributed by atoms with van der Waals surface area (Å²) in [6.45, 7) is 3.93. The van der Waals surface area contributed by atoms with Crippen LogP contribution in [0, 0.1) is 0 Å². The van der Waals surface area contributed by atoms with Crippen LogP contribution in [0.4, 0.5) is 0 Å². The maximum atomic E-state index is 12.0. The number of benzene rings is 2. The number of carbonyl (C=O) groups excluding carboxylic acids is 1. The maximum absolute atomic E-state index is 12.0. The standard InChI is InChI=1S/C17H16O2/c1-13(14-8-4-2-5-9-14)12-16(18)17(19)15-10-6-3-7-11-15/h2-11,16,18H,1,12H2/t16-/m0/s1. The van der Waals surface area contributed by atoms with E-state index in [1.54, 1.807) is 24.3 Å². The van der Waals surface area contributed by atoms with Crippen LogP contribution in [0.3, 0.4) is 0 Å². The topological polar surface area (TPSA) is 37.3 Å². The highest BCUT2D eigenvalue weighted by molar-refractivity contribution is 6.00. The van der Waals surface area contributed by atoms with Crippen molar-refractivity contribution in [3.8, 4) is 0 Å². The molecular formula is C17H16O2. The van der Waals surface area contributed by atoms with Gasteiger partial charge in [-0.15, -0.1) is 0 Å². The SMILES string of the molecule is C=C(C[C@H](O)C(=O)c1ccccc1)c1ccccc1. The predicted molar refractivity (Wildman–Crippen MR) is 76.9 cm³/mol. The molecule has 2 heteroatoms. The molecule has 0 aliphatic rings. The van der Waals surface area contributed by atoms with E-state index in [0.29, 0.717) is 5.56 Å². The molecule has 0 aromatic heterocycles. The zero-order valence-electron chi connectivity index (χ0n) is 10.6. The molecule has 2 rings (SSSR count). The van der Waals surface area contributed by atoms with Gasteiger partial charge in [0, 0.05) is 12.0 Å². The fraction of sp³-hybridized carbons (Fsp3) is 0.118. The molecule has 0 spiro atoms. The predicted octanol–water partition coefficient (Wildman–Crippen LogP) is 3.33. The van der Waals surface area contributed by atoms with Gasteiger partial charge in [-0.3, -0.25) is 4.79 Å². The van der Waals surface area contributed by atoms with Crippen LogP contribution in [0.2, 0.25) is 0 Å². The summed E-state index contributed by atoms with van der Waals surface area (Å²) in [5.41, 5.74) is 2.23. The fourth-order valence-corrected chi connectivity index (χ4v) is 1.91. The van der Waals surface area contributed by atoms with Gasteiger partial charge in [0.2, 0.25) is 0 Å². The van der Waals surface area contributed by atoms with Crippen molar-refractivity contribution in [2.24, 2.45) is 0 Å². The van der Waals surface area contributed by atoms with E-state index in [0.717, 1.165) is 11.1 Å². The minimum atomic E-state index is -1.05. The number of hydrogen-bond acceptors (Lipinski definition) is 2. The third-order valence-corrected chi connectivity index (χ3v) is 2.98. The Morgan fingerprint density at radius 2 is 1.42 bits per heavy atom. The van der Waals surface area contributed by atoms with Crippen molar-refractivity contribution < 1.29 is 9.90 Å². The molecule has 19 heavy (non-hydrogen) atoms. The van der Waals surface area contributed by atoms with Crippen molar-refractivity contribution in [1.29, 1.82) is 0 Å². The molecule has 0 aliphatic carbocycles. The Morgan fingerprint density at radius 3 is 1.95 bits per heavy atom. The van der Waals surface area contributed by atoms with Crippen LogP contribution < -0.4 is 0 Å². The van der Waals surface area contributed by atoms with Gasteiger partial charge in [-0.25, -0.2) is 0 Å². The zero-order chi connectivity index (χ0) is 13.7. The van der Waals surface area contributed by atoms with E-state index < -0.39 is 6.10 Å². The molecule has 0 saturated carbocycles. The van der Waals surface area contributed by atoms with Crippen LogP contribution in [0.15, 0.2) is 67.2 Å². The maximum Gasteiger partial charge on any atom is 0.191 e. The van der Waals surface area contributed by atoms with Gasteiger partial charge in [0.05, 0.1) is 0 Å². The van der Waals surface area contributed by atoms with Crippen molar-refractivity contribution in [3.63, 3.8) is 0 Å². The molecule has 2 nitrogen and oxygen atoms in total. The molecule has 1 atom stereocenters. The molecule has 0 radical (unpaired) electrons. The molecule has 96 valence electrons. The van der Waals surface area contributed by atoms with Gasteiger partial charge >= 0.3 is 0 Å². The van der Waals surface area contributed by atoms with Crippen molar-refractivity contribution in [1.82, 2.24) is 0 Å². The van der Waals surface area contributed by atoms with Gasteiger partial charge in [0.15, 0.2) is 5.78 Å². The first-order valence-electron chi connectivity index (χ1n) is 6.19. The lowest BCUT2D eigenvalue weighted by Gasteiger charge is -2.12. The third-order valence-electron chi connectivity index (χ3n) is 2.98. The average Bonchev–Trinajstić information content (AvgIpc) is 2.48. The Kier molecular flexibility index (Phi) is 4.26. The first-order valence-corrected chi connectivity index (χ1v) is 6.19. The highest BCUT2D eigenvalue weighted by Crippen LogP contribution is 2.19. The Labute approximate surface area is 113 Å². The third kappa shape index (κ3) is 3.39. The minimum absolute atomic E-state index is 0.248. The second-order valence-electron chi connectivity index (χ2n) is 4.42. The van der Waals surface area contributed by atoms with E-state index >= 15 is 0 Å². The van der Waals surface area contributed by atoms with Crippen molar-refractivity contribution >= 4 is 11.4 Å². The molecule has 2 aromatic rings. The Bertz CT molecular complexity index is 558. The Morgan fingerprint density at radius 1 is 0.947 bits per heavy atom. The van der Waals surface area contributed by atoms with Gasteiger partial charge in [0.25, 0.3) is 0 Å². The number of hydrogen-bond donors (Lipinski definition) is 1. The number of aliphatic hydroxyl groups is 1. The van der Waals surface area contributed by atoms with Crippen LogP contribution in [-0.2, 0) is 0 Å². The van der Waals surface area contributed by atoms with Crippen molar-refractivity contribution in [2.75, 3.05) is 0 Å². The smallest absolute Gasteiger partial charge is 0.191 e. The summed E-state index contributed by atoms with van der Waals surface area (Å²) < 4.78 is 0. The summed E-state index contributed by atoms with van der Waals surface area (Å²) in [7, 11) is 0. The molecule has 0 heterocycles. The minimum Gasteiger partial charge on any atom is -0.385 e. The normalized spacial score (nSPS) is 11.8. The zero-order valence-corrected chi connectivity index (χ0v) is 10.6. The van der Waals surface area contributed by atoms with Crippen LogP contribution in [0.1, 0.15) is 22.3 Å². The lowest BCUT2D eigenvalue weighted by Crippen LogP contribution is -2.20. The van der Waals surface area contributed by atoms with Crippen LogP contribution in [-0.4, -0.2) is 17.0 Å². The Balaban J connectivity index is 2.04. The fourth-order valence-electron chi connectivity index (χ4n) is 1.91. The molecular weight excluding hydrogens is 236 g/mol. The quantitative estimate of drug-likeness (QED) is 0.829. The molecule has 0 fully saturated rings. The van der Waals surface area contributed by atoms with Crippen molar-refractivity contribution in [2.45, 2.75) is 12.5 Å². The molecule has 0 aliphatic heterocycles. The lowest BCUT2D eigenvalue weighted by atomic mass is 9.97. The van der Waals surface area contributed by atoms with Gasteiger partial charge in [0.1, 0.15) is 6.10 Å². The number of Topliss-reactive ketones (excluding diaryl/α,β-unsaturated/α-hetero) is 1. The number of rotatable bonds is 5. The van der Waals surface area contributed by atoms with Crippen LogP contribution >= 0.6 is 0 Å². The van der Waals surface area contributed by atoms with Crippen LogP contribution in [0.5, 0.6) is 0 Å². The highest BCUT2D eigenvalue weighted by atomic mass is 16.3. The van der Waals surface area contributed by atoms with Gasteiger partial charge in [-0.05, 0) is 11.1 Å².